The van der Waals surface area contributed by atoms with E-state index in [2.05, 4.69) is 28.9 Å². The summed E-state index contributed by atoms with van der Waals surface area (Å²) in [6.07, 6.45) is 6.54. The van der Waals surface area contributed by atoms with Crippen molar-refractivity contribution in [2.75, 3.05) is 5.73 Å². The number of halogens is 1. The van der Waals surface area contributed by atoms with Crippen molar-refractivity contribution < 1.29 is 9.18 Å². The first-order valence-electron chi connectivity index (χ1n) is 11.8. The molecule has 0 fully saturated rings. The molecule has 0 saturated heterocycles. The molecule has 6 nitrogen and oxygen atoms in total. The van der Waals surface area contributed by atoms with E-state index < -0.39 is 0 Å². The fourth-order valence-electron chi connectivity index (χ4n) is 4.66. The van der Waals surface area contributed by atoms with E-state index >= 15 is 0 Å². The first-order valence-corrected chi connectivity index (χ1v) is 12.6. The lowest BCUT2D eigenvalue weighted by Gasteiger charge is -2.25. The Morgan fingerprint density at radius 1 is 1.30 bits per heavy atom. The number of nitrogen functional groups attached to an aromatic ring is 1. The molecule has 8 heteroatoms. The third kappa shape index (κ3) is 5.32. The number of fused-ring (bicyclic) bond motifs is 1. The Bertz CT molecular complexity index is 1140. The zero-order valence-corrected chi connectivity index (χ0v) is 20.4. The SMILES string of the molecule is CCCc1nc(-c2ccc(F)c(C)c2)nn1CC(=O)C(C)C1CCCc2nc(N)sc2CC1. The molecule has 2 unspecified atom stereocenters. The van der Waals surface area contributed by atoms with E-state index in [1.807, 2.05) is 0 Å². The number of aromatic nitrogens is 4. The molecule has 0 saturated carbocycles. The number of aryl methyl sites for hydroxylation is 4. The van der Waals surface area contributed by atoms with E-state index in [0.29, 0.717) is 22.4 Å². The summed E-state index contributed by atoms with van der Waals surface area (Å²) in [4.78, 5) is 23.7. The highest BCUT2D eigenvalue weighted by Gasteiger charge is 2.27. The van der Waals surface area contributed by atoms with Crippen molar-refractivity contribution in [3.05, 3.63) is 46.0 Å². The molecule has 0 amide bonds. The molecule has 2 aromatic heterocycles. The van der Waals surface area contributed by atoms with Crippen molar-refractivity contribution in [2.45, 2.75) is 72.3 Å². The third-order valence-corrected chi connectivity index (χ3v) is 7.67. The minimum Gasteiger partial charge on any atom is -0.375 e. The number of nitrogens with zero attached hydrogens (tertiary/aromatic N) is 4. The average Bonchev–Trinajstić information content (AvgIpc) is 3.32. The molecule has 176 valence electrons. The molecule has 0 radical (unpaired) electrons. The summed E-state index contributed by atoms with van der Waals surface area (Å²) in [5.74, 6) is 1.58. The second-order valence-corrected chi connectivity index (χ2v) is 10.2. The van der Waals surface area contributed by atoms with Gasteiger partial charge in [0.25, 0.3) is 0 Å². The molecular formula is C25H32FN5OS. The highest BCUT2D eigenvalue weighted by Crippen LogP contribution is 2.32. The normalized spacial score (nSPS) is 17.3. The Morgan fingerprint density at radius 3 is 2.88 bits per heavy atom. The lowest BCUT2D eigenvalue weighted by Crippen LogP contribution is -2.27. The number of anilines is 1. The van der Waals surface area contributed by atoms with Crippen LogP contribution in [0.5, 0.6) is 0 Å². The van der Waals surface area contributed by atoms with Crippen molar-refractivity contribution in [3.63, 3.8) is 0 Å². The van der Waals surface area contributed by atoms with E-state index in [1.165, 1.54) is 10.9 Å². The Morgan fingerprint density at radius 2 is 2.12 bits per heavy atom. The molecular weight excluding hydrogens is 437 g/mol. The Labute approximate surface area is 198 Å². The predicted molar refractivity (Wildman–Crippen MR) is 130 cm³/mol. The molecule has 4 rings (SSSR count). The average molecular weight is 470 g/mol. The summed E-state index contributed by atoms with van der Waals surface area (Å²) in [6, 6.07) is 4.89. The van der Waals surface area contributed by atoms with Gasteiger partial charge in [0.05, 0.1) is 5.69 Å². The first-order chi connectivity index (χ1) is 15.9. The fraction of sp³-hybridized carbons (Fsp3) is 0.520. The quantitative estimate of drug-likeness (QED) is 0.516. The monoisotopic (exact) mass is 469 g/mol. The zero-order valence-electron chi connectivity index (χ0n) is 19.6. The van der Waals surface area contributed by atoms with Gasteiger partial charge >= 0.3 is 0 Å². The smallest absolute Gasteiger partial charge is 0.181 e. The Hall–Kier alpha value is -2.61. The van der Waals surface area contributed by atoms with E-state index in [-0.39, 0.29) is 24.1 Å². The number of nitrogens with two attached hydrogens (primary N) is 1. The summed E-state index contributed by atoms with van der Waals surface area (Å²) < 4.78 is 15.4. The van der Waals surface area contributed by atoms with Gasteiger partial charge in [-0.25, -0.2) is 19.0 Å². The number of benzene rings is 1. The maximum Gasteiger partial charge on any atom is 0.181 e. The molecule has 0 spiro atoms. The molecule has 3 aromatic rings. The molecule has 0 bridgehead atoms. The minimum absolute atomic E-state index is 0.0491. The van der Waals surface area contributed by atoms with Gasteiger partial charge in [0, 0.05) is 22.8 Å². The van der Waals surface area contributed by atoms with Crippen LogP contribution in [0.4, 0.5) is 9.52 Å². The number of ketones is 1. The van der Waals surface area contributed by atoms with Gasteiger partial charge < -0.3 is 5.73 Å². The summed E-state index contributed by atoms with van der Waals surface area (Å²) in [5, 5.41) is 5.29. The van der Waals surface area contributed by atoms with Crippen LogP contribution in [0.3, 0.4) is 0 Å². The van der Waals surface area contributed by atoms with E-state index in [9.17, 15) is 9.18 Å². The number of hydrogen-bond acceptors (Lipinski definition) is 6. The Kier molecular flexibility index (Phi) is 7.22. The van der Waals surface area contributed by atoms with Crippen molar-refractivity contribution in [3.8, 4) is 11.4 Å². The van der Waals surface area contributed by atoms with Gasteiger partial charge in [-0.2, -0.15) is 5.10 Å². The van der Waals surface area contributed by atoms with Crippen molar-refractivity contribution in [2.24, 2.45) is 11.8 Å². The fourth-order valence-corrected chi connectivity index (χ4v) is 5.55. The van der Waals surface area contributed by atoms with Gasteiger partial charge in [-0.05, 0) is 75.1 Å². The van der Waals surface area contributed by atoms with Gasteiger partial charge in [0.2, 0.25) is 0 Å². The molecule has 1 aromatic carbocycles. The number of hydrogen-bond donors (Lipinski definition) is 1. The van der Waals surface area contributed by atoms with Gasteiger partial charge in [-0.3, -0.25) is 4.79 Å². The number of rotatable bonds is 7. The lowest BCUT2D eigenvalue weighted by atomic mass is 9.81. The van der Waals surface area contributed by atoms with E-state index in [0.717, 1.165) is 62.0 Å². The standard InChI is InChI=1S/C25H32FN5OS/c1-4-6-23-29-24(18-9-11-19(26)15(2)13-18)30-31(23)14-21(32)16(3)17-7-5-8-20-22(12-10-17)33-25(27)28-20/h9,11,13,16-17H,4-8,10,12,14H2,1-3H3,(H2,27,28). The maximum atomic E-state index is 13.7. The highest BCUT2D eigenvalue weighted by atomic mass is 32.1. The summed E-state index contributed by atoms with van der Waals surface area (Å²) >= 11 is 1.58. The van der Waals surface area contributed by atoms with Crippen LogP contribution in [0.1, 0.15) is 61.5 Å². The number of thiazole rings is 1. The van der Waals surface area contributed by atoms with Crippen molar-refractivity contribution in [1.82, 2.24) is 19.7 Å². The van der Waals surface area contributed by atoms with Crippen LogP contribution in [-0.2, 0) is 30.6 Å². The topological polar surface area (TPSA) is 86.7 Å². The second kappa shape index (κ2) is 10.1. The van der Waals surface area contributed by atoms with Gasteiger partial charge in [0.15, 0.2) is 16.7 Å². The third-order valence-electron chi connectivity index (χ3n) is 6.68. The van der Waals surface area contributed by atoms with Gasteiger partial charge in [0.1, 0.15) is 18.2 Å². The first kappa shape index (κ1) is 23.5. The zero-order chi connectivity index (χ0) is 23.5. The van der Waals surface area contributed by atoms with Crippen LogP contribution < -0.4 is 5.73 Å². The summed E-state index contributed by atoms with van der Waals surface area (Å²) in [5.41, 5.74) is 8.38. The number of carbonyl (C=O) groups excluding carboxylic acids is 1. The predicted octanol–water partition coefficient (Wildman–Crippen LogP) is 5.17. The summed E-state index contributed by atoms with van der Waals surface area (Å²) in [6.45, 7) is 6.09. The van der Waals surface area contributed by atoms with E-state index in [4.69, 9.17) is 5.73 Å². The van der Waals surface area contributed by atoms with Crippen molar-refractivity contribution >= 4 is 22.3 Å². The van der Waals surface area contributed by atoms with Crippen LogP contribution in [0, 0.1) is 24.6 Å². The number of carbonyl (C=O) groups is 1. The van der Waals surface area contributed by atoms with Crippen LogP contribution >= 0.6 is 11.3 Å². The lowest BCUT2D eigenvalue weighted by molar-refractivity contribution is -0.125. The molecule has 1 aliphatic carbocycles. The van der Waals surface area contributed by atoms with Crippen LogP contribution in [-0.4, -0.2) is 25.5 Å². The largest absolute Gasteiger partial charge is 0.375 e. The van der Waals surface area contributed by atoms with Crippen molar-refractivity contribution in [1.29, 1.82) is 0 Å². The number of Topliss-reactive ketones (excluding diaryl/α,β-unsaturated/α-hetero) is 1. The molecule has 2 atom stereocenters. The van der Waals surface area contributed by atoms with Crippen LogP contribution in [0.15, 0.2) is 18.2 Å². The Balaban J connectivity index is 1.48. The van der Waals surface area contributed by atoms with E-state index in [1.54, 1.807) is 35.1 Å². The highest BCUT2D eigenvalue weighted by molar-refractivity contribution is 7.15. The summed E-state index contributed by atoms with van der Waals surface area (Å²) in [7, 11) is 0. The van der Waals surface area contributed by atoms with Gasteiger partial charge in [-0.1, -0.05) is 13.8 Å². The van der Waals surface area contributed by atoms with Gasteiger partial charge in [-0.15, -0.1) is 11.3 Å². The maximum absolute atomic E-state index is 13.7. The second-order valence-electron chi connectivity index (χ2n) is 9.09. The van der Waals surface area contributed by atoms with Crippen LogP contribution in [0.25, 0.3) is 11.4 Å². The molecule has 2 N–H and O–H groups in total. The minimum atomic E-state index is -0.247. The molecule has 1 aliphatic rings. The van der Waals surface area contributed by atoms with Crippen LogP contribution in [0.2, 0.25) is 0 Å². The molecule has 0 aliphatic heterocycles. The molecule has 2 heterocycles. The molecule has 33 heavy (non-hydrogen) atoms.